The van der Waals surface area contributed by atoms with Crippen LogP contribution in [0, 0.1) is 0 Å². The van der Waals surface area contributed by atoms with Gasteiger partial charge in [0, 0.05) is 6.04 Å². The van der Waals surface area contributed by atoms with Crippen molar-refractivity contribution in [2.45, 2.75) is 66.3 Å². The van der Waals surface area contributed by atoms with Gasteiger partial charge >= 0.3 is 0 Å². The molecule has 0 spiro atoms. The summed E-state index contributed by atoms with van der Waals surface area (Å²) >= 11 is 0. The van der Waals surface area contributed by atoms with E-state index >= 15 is 0 Å². The summed E-state index contributed by atoms with van der Waals surface area (Å²) in [4.78, 5) is 0. The van der Waals surface area contributed by atoms with Crippen molar-refractivity contribution in [1.29, 1.82) is 0 Å². The molecule has 0 bridgehead atoms. The summed E-state index contributed by atoms with van der Waals surface area (Å²) in [5.74, 6) is 0. The Morgan fingerprint density at radius 2 is 1.50 bits per heavy atom. The molecule has 1 N–H and O–H groups in total. The number of rotatable bonds is 0. The molecule has 0 radical (unpaired) electrons. The lowest BCUT2D eigenvalue weighted by Gasteiger charge is -2.06. The predicted molar refractivity (Wildman–Crippen MR) is 58.6 cm³/mol. The van der Waals surface area contributed by atoms with Crippen LogP contribution in [-0.2, 0) is 0 Å². The maximum atomic E-state index is 3.44. The number of hydrogen-bond donors (Lipinski definition) is 1. The first kappa shape index (κ1) is 14.5. The second kappa shape index (κ2) is 13.5. The van der Waals surface area contributed by atoms with Crippen molar-refractivity contribution in [2.75, 3.05) is 6.54 Å². The molecule has 1 unspecified atom stereocenters. The van der Waals surface area contributed by atoms with E-state index in [1.165, 1.54) is 32.2 Å². The maximum Gasteiger partial charge on any atom is 0.00387 e. The lowest BCUT2D eigenvalue weighted by atomic mass is 10.1. The standard InChI is InChI=1S/C7H15N.2C2H6/c1-7-5-3-2-4-6-8-7;2*1-2/h7-8H,2-6H2,1H3;2*1-2H3. The SMILES string of the molecule is CC.CC.CC1CCCCCN1. The van der Waals surface area contributed by atoms with Crippen LogP contribution in [0.1, 0.15) is 60.3 Å². The summed E-state index contributed by atoms with van der Waals surface area (Å²) in [7, 11) is 0. The highest BCUT2D eigenvalue weighted by atomic mass is 14.9. The molecule has 1 heterocycles. The Morgan fingerprint density at radius 1 is 0.917 bits per heavy atom. The van der Waals surface area contributed by atoms with Gasteiger partial charge in [-0.1, -0.05) is 40.5 Å². The van der Waals surface area contributed by atoms with Gasteiger partial charge in [0.15, 0.2) is 0 Å². The molecule has 76 valence electrons. The van der Waals surface area contributed by atoms with Crippen LogP contribution in [0.25, 0.3) is 0 Å². The monoisotopic (exact) mass is 173 g/mol. The van der Waals surface area contributed by atoms with Gasteiger partial charge in [0.05, 0.1) is 0 Å². The average Bonchev–Trinajstić information content (AvgIpc) is 2.40. The molecular formula is C11H27N. The molecular weight excluding hydrogens is 146 g/mol. The molecule has 1 saturated heterocycles. The van der Waals surface area contributed by atoms with Crippen LogP contribution in [0.3, 0.4) is 0 Å². The van der Waals surface area contributed by atoms with Crippen LogP contribution in [-0.4, -0.2) is 12.6 Å². The van der Waals surface area contributed by atoms with Gasteiger partial charge < -0.3 is 5.32 Å². The maximum absolute atomic E-state index is 3.44. The van der Waals surface area contributed by atoms with E-state index in [1.807, 2.05) is 27.7 Å². The van der Waals surface area contributed by atoms with Gasteiger partial charge in [0.2, 0.25) is 0 Å². The lowest BCUT2D eigenvalue weighted by Crippen LogP contribution is -2.24. The van der Waals surface area contributed by atoms with E-state index in [0.717, 1.165) is 6.04 Å². The molecule has 0 aromatic heterocycles. The zero-order valence-electron chi connectivity index (χ0n) is 9.61. The Balaban J connectivity index is 0. The van der Waals surface area contributed by atoms with Crippen LogP contribution >= 0.6 is 0 Å². The third-order valence-electron chi connectivity index (χ3n) is 1.81. The molecule has 0 saturated carbocycles. The van der Waals surface area contributed by atoms with Crippen molar-refractivity contribution >= 4 is 0 Å². The van der Waals surface area contributed by atoms with Crippen LogP contribution in [0.5, 0.6) is 0 Å². The molecule has 1 rings (SSSR count). The molecule has 1 heteroatoms. The molecule has 0 aliphatic carbocycles. The molecule has 1 fully saturated rings. The number of nitrogens with one attached hydrogen (secondary N) is 1. The van der Waals surface area contributed by atoms with Gasteiger partial charge in [-0.05, 0) is 26.3 Å². The zero-order chi connectivity index (χ0) is 9.82. The van der Waals surface area contributed by atoms with Crippen molar-refractivity contribution in [3.05, 3.63) is 0 Å². The largest absolute Gasteiger partial charge is 0.314 e. The summed E-state index contributed by atoms with van der Waals surface area (Å²) < 4.78 is 0. The zero-order valence-corrected chi connectivity index (χ0v) is 9.61. The first-order valence-electron chi connectivity index (χ1n) is 5.63. The smallest absolute Gasteiger partial charge is 0.00387 e. The van der Waals surface area contributed by atoms with E-state index in [1.54, 1.807) is 0 Å². The molecule has 0 aromatic rings. The Kier molecular flexibility index (Phi) is 16.3. The van der Waals surface area contributed by atoms with Crippen molar-refractivity contribution < 1.29 is 0 Å². The first-order chi connectivity index (χ1) is 5.89. The van der Waals surface area contributed by atoms with E-state index in [-0.39, 0.29) is 0 Å². The third-order valence-corrected chi connectivity index (χ3v) is 1.81. The Labute approximate surface area is 78.9 Å². The molecule has 1 aliphatic heterocycles. The highest BCUT2D eigenvalue weighted by Gasteiger charge is 2.03. The minimum atomic E-state index is 0.775. The summed E-state index contributed by atoms with van der Waals surface area (Å²) in [6.45, 7) is 11.5. The van der Waals surface area contributed by atoms with E-state index in [0.29, 0.717) is 0 Å². The second-order valence-corrected chi connectivity index (χ2v) is 2.70. The fraction of sp³-hybridized carbons (Fsp3) is 1.00. The van der Waals surface area contributed by atoms with Crippen molar-refractivity contribution in [2.24, 2.45) is 0 Å². The third kappa shape index (κ3) is 9.96. The predicted octanol–water partition coefficient (Wildman–Crippen LogP) is 3.59. The fourth-order valence-electron chi connectivity index (χ4n) is 1.20. The van der Waals surface area contributed by atoms with E-state index < -0.39 is 0 Å². The highest BCUT2D eigenvalue weighted by molar-refractivity contribution is 4.64. The molecule has 1 aliphatic rings. The molecule has 0 aromatic carbocycles. The van der Waals surface area contributed by atoms with Crippen LogP contribution in [0.4, 0.5) is 0 Å². The summed E-state index contributed by atoms with van der Waals surface area (Å²) in [5, 5.41) is 3.44. The van der Waals surface area contributed by atoms with Gasteiger partial charge in [-0.25, -0.2) is 0 Å². The Hall–Kier alpha value is -0.0400. The average molecular weight is 173 g/mol. The first-order valence-corrected chi connectivity index (χ1v) is 5.63. The lowest BCUT2D eigenvalue weighted by molar-refractivity contribution is 0.550. The van der Waals surface area contributed by atoms with Gasteiger partial charge in [-0.2, -0.15) is 0 Å². The van der Waals surface area contributed by atoms with E-state index in [4.69, 9.17) is 0 Å². The Bertz CT molecular complexity index is 54.0. The number of hydrogen-bond acceptors (Lipinski definition) is 1. The molecule has 12 heavy (non-hydrogen) atoms. The van der Waals surface area contributed by atoms with Crippen LogP contribution in [0.2, 0.25) is 0 Å². The second-order valence-electron chi connectivity index (χ2n) is 2.70. The minimum absolute atomic E-state index is 0.775. The summed E-state index contributed by atoms with van der Waals surface area (Å²) in [6, 6.07) is 0.775. The summed E-state index contributed by atoms with van der Waals surface area (Å²) in [6.07, 6.45) is 5.61. The van der Waals surface area contributed by atoms with Crippen molar-refractivity contribution in [1.82, 2.24) is 5.32 Å². The topological polar surface area (TPSA) is 12.0 Å². The van der Waals surface area contributed by atoms with Crippen LogP contribution in [0.15, 0.2) is 0 Å². The normalized spacial score (nSPS) is 22.2. The van der Waals surface area contributed by atoms with Gasteiger partial charge in [-0.3, -0.25) is 0 Å². The summed E-state index contributed by atoms with van der Waals surface area (Å²) in [5.41, 5.74) is 0. The quantitative estimate of drug-likeness (QED) is 0.590. The Morgan fingerprint density at radius 3 is 2.08 bits per heavy atom. The highest BCUT2D eigenvalue weighted by Crippen LogP contribution is 2.06. The van der Waals surface area contributed by atoms with Crippen molar-refractivity contribution in [3.8, 4) is 0 Å². The fourth-order valence-corrected chi connectivity index (χ4v) is 1.20. The van der Waals surface area contributed by atoms with Gasteiger partial charge in [0.25, 0.3) is 0 Å². The van der Waals surface area contributed by atoms with E-state index in [9.17, 15) is 0 Å². The molecule has 1 nitrogen and oxygen atoms in total. The molecule has 0 amide bonds. The minimum Gasteiger partial charge on any atom is -0.314 e. The van der Waals surface area contributed by atoms with Gasteiger partial charge in [0.1, 0.15) is 0 Å². The van der Waals surface area contributed by atoms with Crippen molar-refractivity contribution in [3.63, 3.8) is 0 Å². The van der Waals surface area contributed by atoms with Crippen LogP contribution < -0.4 is 5.32 Å². The van der Waals surface area contributed by atoms with E-state index in [2.05, 4.69) is 12.2 Å². The molecule has 1 atom stereocenters. The van der Waals surface area contributed by atoms with Gasteiger partial charge in [-0.15, -0.1) is 0 Å².